The molecule has 0 aliphatic carbocycles. The molecule has 1 aromatic heterocycles. The molecule has 0 atom stereocenters. The van der Waals surface area contributed by atoms with Gasteiger partial charge in [-0.05, 0) is 17.5 Å². The van der Waals surface area contributed by atoms with E-state index < -0.39 is 23.3 Å². The van der Waals surface area contributed by atoms with Gasteiger partial charge in [0.25, 0.3) is 5.91 Å². The zero-order valence-corrected chi connectivity index (χ0v) is 11.6. The second kappa shape index (κ2) is 6.80. The third-order valence-corrected chi connectivity index (χ3v) is 3.39. The lowest BCUT2D eigenvalue weighted by molar-refractivity contribution is -0.385. The molecule has 110 valence electrons. The van der Waals surface area contributed by atoms with Crippen LogP contribution in [0.4, 0.5) is 10.1 Å². The van der Waals surface area contributed by atoms with Crippen LogP contribution in [0.5, 0.6) is 5.75 Å². The average molecular weight is 310 g/mol. The van der Waals surface area contributed by atoms with Crippen LogP contribution in [0.25, 0.3) is 0 Å². The Hall–Kier alpha value is -2.48. The van der Waals surface area contributed by atoms with Gasteiger partial charge < -0.3 is 10.1 Å². The van der Waals surface area contributed by atoms with Gasteiger partial charge in [0.1, 0.15) is 5.82 Å². The van der Waals surface area contributed by atoms with Gasteiger partial charge >= 0.3 is 5.69 Å². The molecule has 1 amide bonds. The minimum atomic E-state index is -0.696. The van der Waals surface area contributed by atoms with Crippen molar-refractivity contribution < 1.29 is 18.8 Å². The van der Waals surface area contributed by atoms with Crippen molar-refractivity contribution in [1.82, 2.24) is 5.32 Å². The highest BCUT2D eigenvalue weighted by Gasteiger charge is 2.17. The second-order valence-corrected chi connectivity index (χ2v) is 5.05. The molecular weight excluding hydrogens is 299 g/mol. The SMILES string of the molecule is O=C(COc1cc(F)ccc1[N+](=O)[O-])NCc1cccs1. The van der Waals surface area contributed by atoms with E-state index in [9.17, 15) is 19.3 Å². The number of halogens is 1. The van der Waals surface area contributed by atoms with E-state index >= 15 is 0 Å². The number of thiophene rings is 1. The van der Waals surface area contributed by atoms with E-state index in [0.717, 1.165) is 23.1 Å². The molecule has 2 rings (SSSR count). The van der Waals surface area contributed by atoms with Crippen LogP contribution in [-0.2, 0) is 11.3 Å². The van der Waals surface area contributed by atoms with Crippen LogP contribution in [0.1, 0.15) is 4.88 Å². The maximum atomic E-state index is 13.1. The minimum Gasteiger partial charge on any atom is -0.477 e. The fourth-order valence-electron chi connectivity index (χ4n) is 1.55. The third-order valence-electron chi connectivity index (χ3n) is 2.52. The molecule has 1 heterocycles. The molecule has 0 aliphatic rings. The molecule has 2 aromatic rings. The lowest BCUT2D eigenvalue weighted by Crippen LogP contribution is -2.28. The molecule has 1 aromatic carbocycles. The van der Waals surface area contributed by atoms with E-state index in [1.54, 1.807) is 0 Å². The molecule has 0 unspecified atom stereocenters. The molecule has 0 fully saturated rings. The number of carbonyl (C=O) groups excluding carboxylic acids is 1. The van der Waals surface area contributed by atoms with Crippen molar-refractivity contribution in [2.24, 2.45) is 0 Å². The summed E-state index contributed by atoms with van der Waals surface area (Å²) in [6.07, 6.45) is 0. The number of nitro groups is 1. The van der Waals surface area contributed by atoms with Crippen LogP contribution in [0, 0.1) is 15.9 Å². The maximum Gasteiger partial charge on any atom is 0.311 e. The van der Waals surface area contributed by atoms with E-state index in [2.05, 4.69) is 5.32 Å². The number of benzene rings is 1. The number of rotatable bonds is 6. The predicted molar refractivity (Wildman–Crippen MR) is 74.7 cm³/mol. The summed E-state index contributed by atoms with van der Waals surface area (Å²) in [5.74, 6) is -1.39. The number of hydrogen-bond acceptors (Lipinski definition) is 5. The Bertz CT molecular complexity index is 646. The average Bonchev–Trinajstić information content (AvgIpc) is 2.96. The lowest BCUT2D eigenvalue weighted by Gasteiger charge is -2.07. The first-order valence-electron chi connectivity index (χ1n) is 5.92. The van der Waals surface area contributed by atoms with Crippen LogP contribution in [0.3, 0.4) is 0 Å². The van der Waals surface area contributed by atoms with Gasteiger partial charge in [-0.2, -0.15) is 0 Å². The van der Waals surface area contributed by atoms with E-state index in [1.807, 2.05) is 17.5 Å². The van der Waals surface area contributed by atoms with E-state index in [1.165, 1.54) is 11.3 Å². The van der Waals surface area contributed by atoms with E-state index in [-0.39, 0.29) is 11.4 Å². The summed E-state index contributed by atoms with van der Waals surface area (Å²) in [5, 5.41) is 15.2. The van der Waals surface area contributed by atoms with Crippen molar-refractivity contribution in [2.75, 3.05) is 6.61 Å². The van der Waals surface area contributed by atoms with Crippen molar-refractivity contribution in [3.63, 3.8) is 0 Å². The smallest absolute Gasteiger partial charge is 0.311 e. The monoisotopic (exact) mass is 310 g/mol. The van der Waals surface area contributed by atoms with Crippen LogP contribution in [0.15, 0.2) is 35.7 Å². The van der Waals surface area contributed by atoms with Gasteiger partial charge in [0.05, 0.1) is 11.5 Å². The maximum absolute atomic E-state index is 13.1. The summed E-state index contributed by atoms with van der Waals surface area (Å²) in [6.45, 7) is -0.0687. The number of nitrogens with zero attached hydrogens (tertiary/aromatic N) is 1. The van der Waals surface area contributed by atoms with Crippen molar-refractivity contribution >= 4 is 22.9 Å². The van der Waals surface area contributed by atoms with Crippen molar-refractivity contribution in [3.05, 3.63) is 56.5 Å². The third kappa shape index (κ3) is 4.25. The molecule has 0 saturated heterocycles. The Kier molecular flexibility index (Phi) is 4.83. The highest BCUT2D eigenvalue weighted by molar-refractivity contribution is 7.09. The largest absolute Gasteiger partial charge is 0.477 e. The van der Waals surface area contributed by atoms with Gasteiger partial charge in [-0.1, -0.05) is 6.07 Å². The van der Waals surface area contributed by atoms with Gasteiger partial charge in [-0.3, -0.25) is 14.9 Å². The van der Waals surface area contributed by atoms with Gasteiger partial charge in [-0.25, -0.2) is 4.39 Å². The molecule has 21 heavy (non-hydrogen) atoms. The van der Waals surface area contributed by atoms with Crippen LogP contribution in [0.2, 0.25) is 0 Å². The molecular formula is C13H11FN2O4S. The highest BCUT2D eigenvalue weighted by Crippen LogP contribution is 2.27. The number of nitro benzene ring substituents is 1. The van der Waals surface area contributed by atoms with Crippen LogP contribution < -0.4 is 10.1 Å². The summed E-state index contributed by atoms with van der Waals surface area (Å²) in [6, 6.07) is 6.56. The molecule has 8 heteroatoms. The Morgan fingerprint density at radius 1 is 1.43 bits per heavy atom. The summed E-state index contributed by atoms with van der Waals surface area (Å²) in [4.78, 5) is 22.6. The molecule has 0 spiro atoms. The van der Waals surface area contributed by atoms with Gasteiger partial charge in [0, 0.05) is 17.0 Å². The fraction of sp³-hybridized carbons (Fsp3) is 0.154. The van der Waals surface area contributed by atoms with E-state index in [4.69, 9.17) is 4.74 Å². The molecule has 0 radical (unpaired) electrons. The lowest BCUT2D eigenvalue weighted by atomic mass is 10.3. The van der Waals surface area contributed by atoms with Gasteiger partial charge in [-0.15, -0.1) is 11.3 Å². The first-order valence-corrected chi connectivity index (χ1v) is 6.80. The van der Waals surface area contributed by atoms with Crippen LogP contribution >= 0.6 is 11.3 Å². The molecule has 0 aliphatic heterocycles. The number of hydrogen-bond donors (Lipinski definition) is 1. The number of nitrogens with one attached hydrogen (secondary N) is 1. The summed E-state index contributed by atoms with van der Waals surface area (Å²) < 4.78 is 18.1. The summed E-state index contributed by atoms with van der Waals surface area (Å²) in [5.41, 5.74) is -0.387. The van der Waals surface area contributed by atoms with Gasteiger partial charge in [0.2, 0.25) is 5.75 Å². The van der Waals surface area contributed by atoms with Crippen molar-refractivity contribution in [2.45, 2.75) is 6.54 Å². The number of ether oxygens (including phenoxy) is 1. The zero-order chi connectivity index (χ0) is 15.2. The standard InChI is InChI=1S/C13H11FN2O4S/c14-9-3-4-11(16(18)19)12(6-9)20-8-13(17)15-7-10-2-1-5-21-10/h1-6H,7-8H2,(H,15,17). The Morgan fingerprint density at radius 3 is 2.90 bits per heavy atom. The first kappa shape index (κ1) is 14.9. The Morgan fingerprint density at radius 2 is 2.24 bits per heavy atom. The first-order chi connectivity index (χ1) is 10.1. The topological polar surface area (TPSA) is 81.5 Å². The number of carbonyl (C=O) groups is 1. The summed E-state index contributed by atoms with van der Waals surface area (Å²) in [7, 11) is 0. The van der Waals surface area contributed by atoms with Crippen molar-refractivity contribution in [3.8, 4) is 5.75 Å². The zero-order valence-electron chi connectivity index (χ0n) is 10.7. The molecule has 0 bridgehead atoms. The van der Waals surface area contributed by atoms with Crippen LogP contribution in [-0.4, -0.2) is 17.4 Å². The normalized spacial score (nSPS) is 10.1. The van der Waals surface area contributed by atoms with Crippen molar-refractivity contribution in [1.29, 1.82) is 0 Å². The van der Waals surface area contributed by atoms with Gasteiger partial charge in [0.15, 0.2) is 6.61 Å². The second-order valence-electron chi connectivity index (χ2n) is 4.01. The van der Waals surface area contributed by atoms with E-state index in [0.29, 0.717) is 6.54 Å². The Balaban J connectivity index is 1.91. The molecule has 1 N–H and O–H groups in total. The Labute approximate surface area is 123 Å². The highest BCUT2D eigenvalue weighted by atomic mass is 32.1. The number of amides is 1. The fourth-order valence-corrected chi connectivity index (χ4v) is 2.19. The summed E-state index contributed by atoms with van der Waals surface area (Å²) >= 11 is 1.49. The predicted octanol–water partition coefficient (Wildman–Crippen LogP) is 2.49. The minimum absolute atomic E-state index is 0.272. The molecule has 6 nitrogen and oxygen atoms in total. The quantitative estimate of drug-likeness (QED) is 0.656. The molecule has 0 saturated carbocycles.